The minimum atomic E-state index is -0.776. The average molecular weight is 416 g/mol. The van der Waals surface area contributed by atoms with Gasteiger partial charge in [0.1, 0.15) is 11.9 Å². The quantitative estimate of drug-likeness (QED) is 0.362. The number of hydrogen-bond donors (Lipinski definition) is 0. The first kappa shape index (κ1) is 21.1. The Bertz CT molecular complexity index is 1300. The van der Waals surface area contributed by atoms with Gasteiger partial charge in [-0.15, -0.1) is 0 Å². The number of pyridine rings is 1. The van der Waals surface area contributed by atoms with Crippen LogP contribution < -0.4 is 0 Å². The summed E-state index contributed by atoms with van der Waals surface area (Å²) in [6.45, 7) is 9.30. The van der Waals surface area contributed by atoms with E-state index < -0.39 is 11.7 Å². The molecular formula is C27H26FNO2. The zero-order valence-electron chi connectivity index (χ0n) is 18.5. The first-order valence-corrected chi connectivity index (χ1v) is 10.4. The summed E-state index contributed by atoms with van der Waals surface area (Å²) < 4.78 is 21.0. The van der Waals surface area contributed by atoms with Crippen LogP contribution in [0.5, 0.6) is 0 Å². The number of ether oxygens (including phenoxy) is 1. The van der Waals surface area contributed by atoms with Crippen molar-refractivity contribution in [2.45, 2.75) is 46.3 Å². The molecule has 0 aliphatic carbocycles. The van der Waals surface area contributed by atoms with Gasteiger partial charge in [0.15, 0.2) is 5.78 Å². The van der Waals surface area contributed by atoms with Crippen molar-refractivity contribution in [1.82, 2.24) is 4.98 Å². The Labute approximate surface area is 181 Å². The maximum absolute atomic E-state index is 14.7. The lowest BCUT2D eigenvalue weighted by Crippen LogP contribution is -2.27. The molecule has 31 heavy (non-hydrogen) atoms. The van der Waals surface area contributed by atoms with Crippen LogP contribution in [0.4, 0.5) is 4.39 Å². The van der Waals surface area contributed by atoms with E-state index in [2.05, 4.69) is 11.1 Å². The molecule has 0 saturated carbocycles. The molecule has 0 spiro atoms. The molecule has 0 unspecified atom stereocenters. The number of ketones is 1. The van der Waals surface area contributed by atoms with Gasteiger partial charge in [-0.05, 0) is 80.3 Å². The summed E-state index contributed by atoms with van der Waals surface area (Å²) in [5.41, 5.74) is 3.30. The van der Waals surface area contributed by atoms with E-state index in [9.17, 15) is 9.18 Å². The third-order valence-corrected chi connectivity index (χ3v) is 5.34. The monoisotopic (exact) mass is 415 g/mol. The summed E-state index contributed by atoms with van der Waals surface area (Å²) in [4.78, 5) is 17.4. The van der Waals surface area contributed by atoms with Crippen molar-refractivity contribution in [3.05, 3.63) is 77.7 Å². The summed E-state index contributed by atoms with van der Waals surface area (Å²) in [7, 11) is 0. The molecule has 1 heterocycles. The molecular weight excluding hydrogens is 389 g/mol. The number of benzene rings is 3. The van der Waals surface area contributed by atoms with Crippen LogP contribution >= 0.6 is 0 Å². The number of Topliss-reactive ketones (excluding diaryl/α,β-unsaturated/α-hetero) is 1. The van der Waals surface area contributed by atoms with E-state index in [-0.39, 0.29) is 11.6 Å². The van der Waals surface area contributed by atoms with E-state index in [0.29, 0.717) is 16.5 Å². The van der Waals surface area contributed by atoms with E-state index >= 15 is 0 Å². The third-order valence-electron chi connectivity index (χ3n) is 5.34. The number of aromatic nitrogens is 1. The lowest BCUT2D eigenvalue weighted by Gasteiger charge is -2.29. The summed E-state index contributed by atoms with van der Waals surface area (Å²) in [6.07, 6.45) is 0.928. The molecule has 0 aliphatic heterocycles. The average Bonchev–Trinajstić information content (AvgIpc) is 2.70. The highest BCUT2D eigenvalue weighted by atomic mass is 19.1. The molecule has 0 amide bonds. The van der Waals surface area contributed by atoms with Gasteiger partial charge in [0, 0.05) is 17.1 Å². The number of fused-ring (bicyclic) bond motifs is 2. The first-order chi connectivity index (χ1) is 14.7. The van der Waals surface area contributed by atoms with Gasteiger partial charge < -0.3 is 4.74 Å². The lowest BCUT2D eigenvalue weighted by atomic mass is 9.85. The van der Waals surface area contributed by atoms with Crippen LogP contribution in [0.25, 0.3) is 32.8 Å². The fourth-order valence-electron chi connectivity index (χ4n) is 4.18. The van der Waals surface area contributed by atoms with Crippen molar-refractivity contribution >= 4 is 27.5 Å². The molecule has 158 valence electrons. The smallest absolute Gasteiger partial charge is 0.163 e. The molecule has 3 aromatic carbocycles. The van der Waals surface area contributed by atoms with Crippen LogP contribution in [0.2, 0.25) is 0 Å². The Morgan fingerprint density at radius 3 is 2.45 bits per heavy atom. The molecule has 1 aromatic heterocycles. The van der Waals surface area contributed by atoms with Gasteiger partial charge >= 0.3 is 0 Å². The highest BCUT2D eigenvalue weighted by Crippen LogP contribution is 2.42. The number of nitrogens with zero attached hydrogens (tertiary/aromatic N) is 1. The number of aryl methyl sites for hydroxylation is 1. The minimum Gasteiger partial charge on any atom is -0.360 e. The third kappa shape index (κ3) is 4.08. The van der Waals surface area contributed by atoms with E-state index in [1.807, 2.05) is 58.0 Å². The molecule has 4 heteroatoms. The molecule has 0 aliphatic rings. The molecule has 0 saturated heterocycles. The Morgan fingerprint density at radius 2 is 1.74 bits per heavy atom. The van der Waals surface area contributed by atoms with Crippen LogP contribution in [0.3, 0.4) is 0 Å². The fraction of sp³-hybridized carbons (Fsp3) is 0.259. The second-order valence-electron chi connectivity index (χ2n) is 8.95. The SMILES string of the molecule is CC(=O)[C@@H](OC(C)(C)C)c1c(C)cc2ccccc2c1-c1cc(F)cc2cccnc12. The highest BCUT2D eigenvalue weighted by Gasteiger charge is 2.30. The highest BCUT2D eigenvalue weighted by molar-refractivity contribution is 6.07. The predicted molar refractivity (Wildman–Crippen MR) is 124 cm³/mol. The maximum Gasteiger partial charge on any atom is 0.163 e. The summed E-state index contributed by atoms with van der Waals surface area (Å²) in [6, 6.07) is 16.6. The number of halogens is 1. The molecule has 0 fully saturated rings. The Hall–Kier alpha value is -3.11. The second-order valence-corrected chi connectivity index (χ2v) is 8.95. The lowest BCUT2D eigenvalue weighted by molar-refractivity contribution is -0.138. The van der Waals surface area contributed by atoms with Crippen molar-refractivity contribution < 1.29 is 13.9 Å². The maximum atomic E-state index is 14.7. The standard InChI is InChI=1S/C27H26FNO2/c1-16-13-18-9-6-7-11-21(18)24(23(16)26(17(2)30)31-27(3,4)5)22-15-20(28)14-19-10-8-12-29-25(19)22/h6-15,26H,1-5H3/t26-/m1/s1. The van der Waals surface area contributed by atoms with Crippen molar-refractivity contribution in [3.63, 3.8) is 0 Å². The molecule has 4 aromatic rings. The Balaban J connectivity index is 2.17. The first-order valence-electron chi connectivity index (χ1n) is 10.4. The normalized spacial score (nSPS) is 13.0. The topological polar surface area (TPSA) is 39.2 Å². The van der Waals surface area contributed by atoms with Gasteiger partial charge in [0.25, 0.3) is 0 Å². The minimum absolute atomic E-state index is 0.0942. The van der Waals surface area contributed by atoms with Crippen LogP contribution in [0.1, 0.15) is 44.9 Å². The molecule has 1 atom stereocenters. The predicted octanol–water partition coefficient (Wildman–Crippen LogP) is 6.95. The van der Waals surface area contributed by atoms with Crippen LogP contribution in [-0.2, 0) is 9.53 Å². The van der Waals surface area contributed by atoms with E-state index in [1.54, 1.807) is 12.3 Å². The van der Waals surface area contributed by atoms with Crippen molar-refractivity contribution in [2.24, 2.45) is 0 Å². The zero-order valence-corrected chi connectivity index (χ0v) is 18.5. The van der Waals surface area contributed by atoms with Gasteiger partial charge in [0.05, 0.1) is 11.1 Å². The van der Waals surface area contributed by atoms with E-state index in [4.69, 9.17) is 4.74 Å². The summed E-state index contributed by atoms with van der Waals surface area (Å²) in [5.74, 6) is -0.439. The number of carbonyl (C=O) groups is 1. The fourth-order valence-corrected chi connectivity index (χ4v) is 4.18. The largest absolute Gasteiger partial charge is 0.360 e. The van der Waals surface area contributed by atoms with Gasteiger partial charge in [-0.3, -0.25) is 9.78 Å². The molecule has 0 bridgehead atoms. The van der Waals surface area contributed by atoms with Crippen LogP contribution in [0, 0.1) is 12.7 Å². The van der Waals surface area contributed by atoms with Gasteiger partial charge in [0.2, 0.25) is 0 Å². The Morgan fingerprint density at radius 1 is 1.03 bits per heavy atom. The van der Waals surface area contributed by atoms with E-state index in [0.717, 1.165) is 27.5 Å². The zero-order chi connectivity index (χ0) is 22.3. The summed E-state index contributed by atoms with van der Waals surface area (Å²) in [5, 5.41) is 2.67. The van der Waals surface area contributed by atoms with Gasteiger partial charge in [-0.25, -0.2) is 4.39 Å². The van der Waals surface area contributed by atoms with Crippen LogP contribution in [-0.4, -0.2) is 16.4 Å². The van der Waals surface area contributed by atoms with Crippen LogP contribution in [0.15, 0.2) is 60.8 Å². The molecule has 0 radical (unpaired) electrons. The molecule has 4 rings (SSSR count). The van der Waals surface area contributed by atoms with Gasteiger partial charge in [-0.1, -0.05) is 36.4 Å². The summed E-state index contributed by atoms with van der Waals surface area (Å²) >= 11 is 0. The number of rotatable bonds is 4. The van der Waals surface area contributed by atoms with E-state index in [1.165, 1.54) is 19.1 Å². The van der Waals surface area contributed by atoms with Crippen molar-refractivity contribution in [2.75, 3.05) is 0 Å². The van der Waals surface area contributed by atoms with Gasteiger partial charge in [-0.2, -0.15) is 0 Å². The molecule has 3 nitrogen and oxygen atoms in total. The van der Waals surface area contributed by atoms with Crippen molar-refractivity contribution in [1.29, 1.82) is 0 Å². The number of hydrogen-bond acceptors (Lipinski definition) is 3. The Kier molecular flexibility index (Phi) is 5.36. The number of carbonyl (C=O) groups excluding carboxylic acids is 1. The van der Waals surface area contributed by atoms with Crippen molar-refractivity contribution in [3.8, 4) is 11.1 Å². The second kappa shape index (κ2) is 7.86. The molecule has 0 N–H and O–H groups in total.